The summed E-state index contributed by atoms with van der Waals surface area (Å²) in [6, 6.07) is 9.07. The number of H-pyrrole nitrogens is 1. The number of hydrogen-bond donors (Lipinski definition) is 0. The van der Waals surface area contributed by atoms with E-state index in [1.165, 1.54) is 0 Å². The first-order valence-corrected chi connectivity index (χ1v) is 6.10. The molecule has 0 spiro atoms. The third-order valence-electron chi connectivity index (χ3n) is 2.16. The Morgan fingerprint density at radius 3 is 2.21 bits per heavy atom. The highest BCUT2D eigenvalue weighted by Crippen LogP contribution is 2.18. The predicted molar refractivity (Wildman–Crippen MR) is 51.9 cm³/mol. The zero-order valence-corrected chi connectivity index (χ0v) is 10.4. The van der Waals surface area contributed by atoms with Crippen LogP contribution in [0.5, 0.6) is 0 Å². The summed E-state index contributed by atoms with van der Waals surface area (Å²) >= 11 is 0. The van der Waals surface area contributed by atoms with Gasteiger partial charge in [0.25, 0.3) is 5.69 Å². The summed E-state index contributed by atoms with van der Waals surface area (Å²) in [7, 11) is -4.94. The van der Waals surface area contributed by atoms with E-state index in [2.05, 4.69) is 4.98 Å². The quantitative estimate of drug-likeness (QED) is 0.406. The van der Waals surface area contributed by atoms with E-state index >= 15 is 0 Å². The maximum Gasteiger partial charge on any atom is 0.335 e. The molecule has 0 aliphatic heterocycles. The van der Waals surface area contributed by atoms with Crippen molar-refractivity contribution in [2.24, 2.45) is 0 Å². The molecular formula is C10H9ClN2O6. The Hall–Kier alpha value is -1.84. The van der Waals surface area contributed by atoms with E-state index in [-0.39, 0.29) is 10.6 Å². The topological polar surface area (TPSA) is 150 Å². The normalized spacial score (nSPS) is 10.8. The third kappa shape index (κ3) is 5.12. The third-order valence-corrected chi connectivity index (χ3v) is 2.16. The molecule has 1 heterocycles. The summed E-state index contributed by atoms with van der Waals surface area (Å²) in [5.74, 6) is 0. The van der Waals surface area contributed by atoms with Gasteiger partial charge < -0.3 is 0 Å². The van der Waals surface area contributed by atoms with Crippen molar-refractivity contribution in [3.8, 4) is 0 Å². The molecule has 0 aliphatic carbocycles. The van der Waals surface area contributed by atoms with E-state index in [1.54, 1.807) is 13.0 Å². The number of rotatable bonds is 1. The molecule has 0 bridgehead atoms. The predicted octanol–water partition coefficient (Wildman–Crippen LogP) is -2.89. The Labute approximate surface area is 109 Å². The van der Waals surface area contributed by atoms with Gasteiger partial charge in [0.15, 0.2) is 0 Å². The monoisotopic (exact) mass is 288 g/mol. The molecule has 0 saturated heterocycles. The number of nitrogens with one attached hydrogen (secondary N) is 1. The van der Waals surface area contributed by atoms with Crippen molar-refractivity contribution in [2.45, 2.75) is 6.92 Å². The highest BCUT2D eigenvalue weighted by molar-refractivity contribution is 5.77. The Morgan fingerprint density at radius 2 is 1.68 bits per heavy atom. The Kier molecular flexibility index (Phi) is 4.70. The number of fused-ring (bicyclic) bond motifs is 1. The number of nitro groups is 1. The number of benzene rings is 1. The molecule has 2 rings (SSSR count). The van der Waals surface area contributed by atoms with Crippen molar-refractivity contribution >= 4 is 16.6 Å². The minimum Gasteiger partial charge on any atom is -0.258 e. The van der Waals surface area contributed by atoms with Crippen molar-refractivity contribution in [1.82, 2.24) is 0 Å². The molecule has 102 valence electrons. The molecule has 1 N–H and O–H groups in total. The van der Waals surface area contributed by atoms with Gasteiger partial charge in [0, 0.05) is 19.1 Å². The van der Waals surface area contributed by atoms with Crippen LogP contribution in [0.3, 0.4) is 0 Å². The summed E-state index contributed by atoms with van der Waals surface area (Å²) in [5.41, 5.74) is 1.62. The van der Waals surface area contributed by atoms with E-state index < -0.39 is 10.2 Å². The lowest BCUT2D eigenvalue weighted by Crippen LogP contribution is -2.68. The van der Waals surface area contributed by atoms with E-state index in [0.717, 1.165) is 10.9 Å². The van der Waals surface area contributed by atoms with E-state index in [4.69, 9.17) is 18.6 Å². The Morgan fingerprint density at radius 1 is 1.16 bits per heavy atom. The summed E-state index contributed by atoms with van der Waals surface area (Å²) < 4.78 is 34.0. The molecule has 19 heavy (non-hydrogen) atoms. The fourth-order valence-electron chi connectivity index (χ4n) is 1.45. The average Bonchev–Trinajstić information content (AvgIpc) is 2.25. The molecule has 0 saturated carbocycles. The molecule has 0 amide bonds. The fraction of sp³-hybridized carbons (Fsp3) is 0.100. The van der Waals surface area contributed by atoms with Crippen molar-refractivity contribution in [2.75, 3.05) is 0 Å². The zero-order chi connectivity index (χ0) is 14.6. The van der Waals surface area contributed by atoms with Gasteiger partial charge in [0.05, 0.1) is 10.3 Å². The van der Waals surface area contributed by atoms with Crippen LogP contribution in [0.1, 0.15) is 5.69 Å². The lowest BCUT2D eigenvalue weighted by molar-refractivity contribution is -2.00. The molecule has 1 aromatic carbocycles. The van der Waals surface area contributed by atoms with Gasteiger partial charge in [0.1, 0.15) is 0 Å². The Bertz CT molecular complexity index is 592. The first-order chi connectivity index (χ1) is 8.68. The number of pyridine rings is 1. The van der Waals surface area contributed by atoms with E-state index in [0.29, 0.717) is 5.69 Å². The molecule has 9 heteroatoms. The molecule has 0 unspecified atom stereocenters. The number of aromatic nitrogens is 1. The van der Waals surface area contributed by atoms with Crippen molar-refractivity contribution in [3.63, 3.8) is 0 Å². The number of para-hydroxylation sites is 1. The molecule has 0 radical (unpaired) electrons. The van der Waals surface area contributed by atoms with Crippen LogP contribution in [-0.2, 0) is 0 Å². The van der Waals surface area contributed by atoms with Gasteiger partial charge in [-0.3, -0.25) is 10.1 Å². The molecule has 2 aromatic rings. The maximum atomic E-state index is 10.7. The Balaban J connectivity index is 0.000000312. The smallest absolute Gasteiger partial charge is 0.258 e. The SMILES string of the molecule is Cc1[nH+]c2ccccc2cc1[N+](=O)[O-].[O-][Cl+3]([O-])([O-])[O-]. The van der Waals surface area contributed by atoms with E-state index in [9.17, 15) is 10.1 Å². The summed E-state index contributed by atoms with van der Waals surface area (Å²) in [5, 5.41) is 11.5. The van der Waals surface area contributed by atoms with Crippen molar-refractivity contribution in [1.29, 1.82) is 0 Å². The van der Waals surface area contributed by atoms with Crippen LogP contribution in [0.2, 0.25) is 0 Å². The minimum atomic E-state index is -4.94. The molecule has 0 atom stereocenters. The maximum absolute atomic E-state index is 10.7. The number of hydrogen-bond acceptors (Lipinski definition) is 6. The van der Waals surface area contributed by atoms with Gasteiger partial charge in [-0.2, -0.15) is 0 Å². The minimum absolute atomic E-state index is 0.128. The van der Waals surface area contributed by atoms with Crippen molar-refractivity contribution < 1.29 is 38.8 Å². The molecule has 8 nitrogen and oxygen atoms in total. The van der Waals surface area contributed by atoms with Gasteiger partial charge in [0.2, 0.25) is 5.52 Å². The zero-order valence-electron chi connectivity index (χ0n) is 9.66. The van der Waals surface area contributed by atoms with Crippen LogP contribution in [0.4, 0.5) is 5.69 Å². The van der Waals surface area contributed by atoms with Crippen LogP contribution in [0, 0.1) is 27.3 Å². The second-order valence-electron chi connectivity index (χ2n) is 3.50. The van der Waals surface area contributed by atoms with Crippen LogP contribution in [0.25, 0.3) is 10.9 Å². The molecular weight excluding hydrogens is 280 g/mol. The summed E-state index contributed by atoms with van der Waals surface area (Å²) in [6.45, 7) is 1.70. The molecule has 0 aliphatic rings. The second kappa shape index (κ2) is 5.87. The second-order valence-corrected chi connectivity index (χ2v) is 4.26. The van der Waals surface area contributed by atoms with E-state index in [1.807, 2.05) is 24.3 Å². The average molecular weight is 289 g/mol. The first kappa shape index (κ1) is 15.2. The summed E-state index contributed by atoms with van der Waals surface area (Å²) in [6.07, 6.45) is 0. The van der Waals surface area contributed by atoms with Gasteiger partial charge in [-0.1, -0.05) is 12.1 Å². The number of aromatic amines is 1. The highest BCUT2D eigenvalue weighted by Gasteiger charge is 2.17. The van der Waals surface area contributed by atoms with Gasteiger partial charge in [-0.25, -0.2) is 23.6 Å². The van der Waals surface area contributed by atoms with Gasteiger partial charge >= 0.3 is 5.69 Å². The van der Waals surface area contributed by atoms with Crippen LogP contribution < -0.4 is 23.6 Å². The van der Waals surface area contributed by atoms with Gasteiger partial charge in [-0.05, 0) is 6.07 Å². The van der Waals surface area contributed by atoms with Crippen molar-refractivity contribution in [3.05, 3.63) is 46.1 Å². The summed E-state index contributed by atoms with van der Waals surface area (Å²) in [4.78, 5) is 13.3. The van der Waals surface area contributed by atoms with Crippen LogP contribution in [-0.4, -0.2) is 4.92 Å². The lowest BCUT2D eigenvalue weighted by Gasteiger charge is -2.17. The highest BCUT2D eigenvalue weighted by atomic mass is 35.7. The van der Waals surface area contributed by atoms with Crippen LogP contribution in [0.15, 0.2) is 30.3 Å². The number of aryl methyl sites for hydroxylation is 1. The first-order valence-electron chi connectivity index (χ1n) is 4.86. The number of halogens is 1. The molecule has 1 aromatic heterocycles. The molecule has 0 fully saturated rings. The van der Waals surface area contributed by atoms with Gasteiger partial charge in [-0.15, -0.1) is 10.2 Å². The van der Waals surface area contributed by atoms with Crippen LogP contribution >= 0.6 is 0 Å². The largest absolute Gasteiger partial charge is 0.335 e. The standard InChI is InChI=1S/C10H8N2O2.ClHO4/c1-7-10(12(13)14)6-8-4-2-3-5-9(8)11-7;2-1(3,4)5/h2-6H,1H3;(H,2,3,4,5). The lowest BCUT2D eigenvalue weighted by atomic mass is 10.2. The number of nitrogens with zero attached hydrogens (tertiary/aromatic N) is 1. The fourth-order valence-corrected chi connectivity index (χ4v) is 1.45.